The molecule has 4 heteroatoms. The SMILES string of the molecule is CCCC(CC)(Pc1c(C)cccc1/C(C)=N/c1ccccc1)c1cc(C)ccc1OCOC. The lowest BCUT2D eigenvalue weighted by Gasteiger charge is -2.36. The minimum atomic E-state index is -0.0161. The molecule has 0 spiro atoms. The number of nitrogens with zero attached hydrogens (tertiary/aromatic N) is 1. The molecule has 2 unspecified atom stereocenters. The Balaban J connectivity index is 2.13. The molecule has 0 saturated heterocycles. The third-order valence-corrected chi connectivity index (χ3v) is 8.61. The van der Waals surface area contributed by atoms with Gasteiger partial charge in [-0.15, -0.1) is 0 Å². The normalized spacial score (nSPS) is 13.9. The monoisotopic (exact) mass is 475 g/mol. The van der Waals surface area contributed by atoms with E-state index < -0.39 is 0 Å². The molecular weight excluding hydrogens is 437 g/mol. The molecule has 0 aliphatic rings. The molecule has 180 valence electrons. The third kappa shape index (κ3) is 6.14. The van der Waals surface area contributed by atoms with Gasteiger partial charge in [-0.25, -0.2) is 0 Å². The van der Waals surface area contributed by atoms with Crippen LogP contribution in [0.1, 0.15) is 62.3 Å². The van der Waals surface area contributed by atoms with Crippen LogP contribution in [0.4, 0.5) is 5.69 Å². The molecule has 0 aliphatic heterocycles. The first-order valence-electron chi connectivity index (χ1n) is 12.2. The highest BCUT2D eigenvalue weighted by Crippen LogP contribution is 2.51. The quantitative estimate of drug-likeness (QED) is 0.161. The Hall–Kier alpha value is -2.48. The van der Waals surface area contributed by atoms with Crippen LogP contribution < -0.4 is 10.0 Å². The maximum absolute atomic E-state index is 6.08. The van der Waals surface area contributed by atoms with Gasteiger partial charge in [0.1, 0.15) is 5.75 Å². The second kappa shape index (κ2) is 12.3. The van der Waals surface area contributed by atoms with Gasteiger partial charge in [-0.1, -0.05) is 82.9 Å². The van der Waals surface area contributed by atoms with E-state index in [0.717, 1.165) is 36.4 Å². The van der Waals surface area contributed by atoms with Gasteiger partial charge in [-0.2, -0.15) is 0 Å². The predicted octanol–water partition coefficient (Wildman–Crippen LogP) is 7.84. The molecule has 3 aromatic rings. The van der Waals surface area contributed by atoms with E-state index in [4.69, 9.17) is 14.5 Å². The maximum Gasteiger partial charge on any atom is 0.188 e. The summed E-state index contributed by atoms with van der Waals surface area (Å²) in [6.45, 7) is 11.4. The number of hydrogen-bond donors (Lipinski definition) is 0. The molecule has 0 saturated carbocycles. The summed E-state index contributed by atoms with van der Waals surface area (Å²) in [5, 5.41) is 1.38. The Morgan fingerprint density at radius 2 is 1.74 bits per heavy atom. The molecule has 3 aromatic carbocycles. The lowest BCUT2D eigenvalue weighted by atomic mass is 9.89. The van der Waals surface area contributed by atoms with Gasteiger partial charge in [-0.3, -0.25) is 4.99 Å². The number of rotatable bonds is 11. The Morgan fingerprint density at radius 1 is 0.971 bits per heavy atom. The average molecular weight is 476 g/mol. The molecule has 0 N–H and O–H groups in total. The number of benzene rings is 3. The van der Waals surface area contributed by atoms with Gasteiger partial charge in [0.05, 0.1) is 5.69 Å². The van der Waals surface area contributed by atoms with Crippen molar-refractivity contribution in [3.05, 3.63) is 89.0 Å². The van der Waals surface area contributed by atoms with E-state index in [0.29, 0.717) is 8.58 Å². The van der Waals surface area contributed by atoms with Gasteiger partial charge in [0, 0.05) is 29.1 Å². The van der Waals surface area contributed by atoms with Crippen LogP contribution >= 0.6 is 8.58 Å². The first kappa shape index (κ1) is 26.1. The highest BCUT2D eigenvalue weighted by Gasteiger charge is 2.34. The summed E-state index contributed by atoms with van der Waals surface area (Å²) in [6.07, 6.45) is 3.24. The van der Waals surface area contributed by atoms with Crippen molar-refractivity contribution in [3.8, 4) is 5.75 Å². The lowest BCUT2D eigenvalue weighted by Crippen LogP contribution is -2.26. The van der Waals surface area contributed by atoms with Crippen molar-refractivity contribution in [2.75, 3.05) is 13.9 Å². The molecule has 0 radical (unpaired) electrons. The van der Waals surface area contributed by atoms with Gasteiger partial charge in [-0.05, 0) is 62.7 Å². The van der Waals surface area contributed by atoms with E-state index in [1.807, 2.05) is 18.2 Å². The van der Waals surface area contributed by atoms with Crippen molar-refractivity contribution < 1.29 is 9.47 Å². The number of para-hydroxylation sites is 1. The molecule has 34 heavy (non-hydrogen) atoms. The van der Waals surface area contributed by atoms with E-state index in [2.05, 4.69) is 83.1 Å². The number of hydrogen-bond acceptors (Lipinski definition) is 3. The van der Waals surface area contributed by atoms with Crippen molar-refractivity contribution in [1.82, 2.24) is 0 Å². The summed E-state index contributed by atoms with van der Waals surface area (Å²) in [5.41, 5.74) is 7.14. The van der Waals surface area contributed by atoms with Crippen molar-refractivity contribution in [2.45, 2.75) is 59.0 Å². The molecular formula is C30H38NO2P. The molecule has 2 atom stereocenters. The van der Waals surface area contributed by atoms with Crippen molar-refractivity contribution in [3.63, 3.8) is 0 Å². The summed E-state index contributed by atoms with van der Waals surface area (Å²) < 4.78 is 11.3. The van der Waals surface area contributed by atoms with Crippen LogP contribution in [-0.4, -0.2) is 19.6 Å². The average Bonchev–Trinajstić information content (AvgIpc) is 2.84. The fraction of sp³-hybridized carbons (Fsp3) is 0.367. The molecule has 3 rings (SSSR count). The third-order valence-electron chi connectivity index (χ3n) is 6.34. The molecule has 0 bridgehead atoms. The largest absolute Gasteiger partial charge is 0.467 e. The van der Waals surface area contributed by atoms with Crippen molar-refractivity contribution in [1.29, 1.82) is 0 Å². The van der Waals surface area contributed by atoms with Crippen LogP contribution in [0.25, 0.3) is 0 Å². The Morgan fingerprint density at radius 3 is 2.41 bits per heavy atom. The second-order valence-electron chi connectivity index (χ2n) is 8.89. The lowest BCUT2D eigenvalue weighted by molar-refractivity contribution is 0.0499. The van der Waals surface area contributed by atoms with E-state index >= 15 is 0 Å². The van der Waals surface area contributed by atoms with E-state index in [1.54, 1.807) is 7.11 Å². The fourth-order valence-electron chi connectivity index (χ4n) is 4.54. The van der Waals surface area contributed by atoms with Gasteiger partial charge in [0.15, 0.2) is 6.79 Å². The van der Waals surface area contributed by atoms with E-state index in [1.165, 1.54) is 27.6 Å². The number of aryl methyl sites for hydroxylation is 2. The Kier molecular flexibility index (Phi) is 9.45. The standard InChI is InChI=1S/C30H38NO2P/c1-7-19-30(8-2,27-20-22(3)17-18-28(27)33-21-32-6)34-29-23(4)13-12-16-26(29)24(5)31-25-14-10-9-11-15-25/h9-18,20,34H,7-8,19,21H2,1-6H3/b31-24+. The molecule has 0 heterocycles. The van der Waals surface area contributed by atoms with E-state index in [-0.39, 0.29) is 11.9 Å². The van der Waals surface area contributed by atoms with Crippen molar-refractivity contribution >= 4 is 25.3 Å². The zero-order valence-corrected chi connectivity index (χ0v) is 22.4. The maximum atomic E-state index is 6.08. The molecule has 0 fully saturated rings. The van der Waals surface area contributed by atoms with Crippen LogP contribution in [0.2, 0.25) is 0 Å². The minimum absolute atomic E-state index is 0.0161. The second-order valence-corrected chi connectivity index (χ2v) is 10.6. The molecule has 3 nitrogen and oxygen atoms in total. The Labute approximate surface area is 207 Å². The van der Waals surface area contributed by atoms with Crippen LogP contribution in [0, 0.1) is 13.8 Å². The zero-order valence-electron chi connectivity index (χ0n) is 21.4. The summed E-state index contributed by atoms with van der Waals surface area (Å²) in [6, 6.07) is 23.4. The smallest absolute Gasteiger partial charge is 0.188 e. The van der Waals surface area contributed by atoms with Crippen LogP contribution in [-0.2, 0) is 9.89 Å². The van der Waals surface area contributed by atoms with Gasteiger partial charge in [0.2, 0.25) is 0 Å². The number of ether oxygens (including phenoxy) is 2. The van der Waals surface area contributed by atoms with Crippen molar-refractivity contribution in [2.24, 2.45) is 4.99 Å². The fourth-order valence-corrected chi connectivity index (χ4v) is 6.58. The van der Waals surface area contributed by atoms with Gasteiger partial charge >= 0.3 is 0 Å². The van der Waals surface area contributed by atoms with Crippen LogP contribution in [0.15, 0.2) is 71.7 Å². The summed E-state index contributed by atoms with van der Waals surface area (Å²) in [4.78, 5) is 4.96. The van der Waals surface area contributed by atoms with E-state index in [9.17, 15) is 0 Å². The number of methoxy groups -OCH3 is 1. The van der Waals surface area contributed by atoms with Gasteiger partial charge < -0.3 is 9.47 Å². The minimum Gasteiger partial charge on any atom is -0.467 e. The molecule has 0 aromatic heterocycles. The summed E-state index contributed by atoms with van der Waals surface area (Å²) in [5.74, 6) is 0.931. The molecule has 0 amide bonds. The van der Waals surface area contributed by atoms with Crippen LogP contribution in [0.5, 0.6) is 5.75 Å². The highest BCUT2D eigenvalue weighted by atomic mass is 31.1. The first-order chi connectivity index (χ1) is 16.4. The topological polar surface area (TPSA) is 30.8 Å². The molecule has 0 aliphatic carbocycles. The highest BCUT2D eigenvalue weighted by molar-refractivity contribution is 7.49. The zero-order chi connectivity index (χ0) is 24.6. The van der Waals surface area contributed by atoms with Gasteiger partial charge in [0.25, 0.3) is 0 Å². The summed E-state index contributed by atoms with van der Waals surface area (Å²) >= 11 is 0. The summed E-state index contributed by atoms with van der Waals surface area (Å²) in [7, 11) is 2.27. The Bertz CT molecular complexity index is 1110. The predicted molar refractivity (Wildman–Crippen MR) is 148 cm³/mol. The number of aliphatic imine (C=N–C) groups is 1. The van der Waals surface area contributed by atoms with Crippen LogP contribution in [0.3, 0.4) is 0 Å². The first-order valence-corrected chi connectivity index (χ1v) is 13.2.